The number of benzene rings is 2. The van der Waals surface area contributed by atoms with Crippen LogP contribution in [0.5, 0.6) is 11.5 Å². The molecule has 3 rings (SSSR count). The number of hydrogen-bond acceptors (Lipinski definition) is 9. The summed E-state index contributed by atoms with van der Waals surface area (Å²) in [7, 11) is -1.39. The zero-order valence-electron chi connectivity index (χ0n) is 18.2. The van der Waals surface area contributed by atoms with Crippen LogP contribution >= 0.6 is 11.8 Å². The number of thioether (sulfide) groups is 1. The average Bonchev–Trinajstić information content (AvgIpc) is 3.12. The van der Waals surface area contributed by atoms with E-state index in [1.165, 1.54) is 56.7 Å². The van der Waals surface area contributed by atoms with Gasteiger partial charge >= 0.3 is 0 Å². The molecule has 0 bridgehead atoms. The van der Waals surface area contributed by atoms with Gasteiger partial charge in [-0.3, -0.25) is 25.0 Å². The highest BCUT2D eigenvalue weighted by Gasteiger charge is 2.57. The predicted octanol–water partition coefficient (Wildman–Crippen LogP) is 3.29. The van der Waals surface area contributed by atoms with E-state index in [1.54, 1.807) is 0 Å². The summed E-state index contributed by atoms with van der Waals surface area (Å²) in [6.07, 6.45) is 0.186. The molecule has 1 N–H and O–H groups in total. The van der Waals surface area contributed by atoms with Crippen LogP contribution in [0.1, 0.15) is 24.8 Å². The molecule has 0 aliphatic carbocycles. The number of imide groups is 1. The van der Waals surface area contributed by atoms with Crippen LogP contribution in [-0.2, 0) is 14.6 Å². The van der Waals surface area contributed by atoms with Crippen molar-refractivity contribution in [2.24, 2.45) is 0 Å². The SMILES string of the molecule is COc1ccc(S(=O)(=O)C2(CCCC#Cc3cc([N+](=O)[O-])ccc3OC)SC(=O)NC2=O)cc1. The topological polar surface area (TPSA) is 142 Å². The number of nitrogens with zero attached hydrogens (tertiary/aromatic N) is 1. The monoisotopic (exact) mass is 504 g/mol. The average molecular weight is 505 g/mol. The van der Waals surface area contributed by atoms with Crippen molar-refractivity contribution < 1.29 is 32.4 Å². The first kappa shape index (κ1) is 25.1. The Kier molecular flexibility index (Phi) is 7.48. The van der Waals surface area contributed by atoms with E-state index in [0.29, 0.717) is 28.8 Å². The molecule has 12 heteroatoms. The molecule has 2 aromatic carbocycles. The van der Waals surface area contributed by atoms with Crippen LogP contribution in [-0.4, -0.2) is 42.8 Å². The van der Waals surface area contributed by atoms with Crippen molar-refractivity contribution in [1.29, 1.82) is 0 Å². The minimum absolute atomic E-state index is 0.113. The van der Waals surface area contributed by atoms with Crippen LogP contribution in [0, 0.1) is 22.0 Å². The van der Waals surface area contributed by atoms with Crippen molar-refractivity contribution >= 4 is 38.4 Å². The standard InChI is InChI=1S/C22H20N2O8S2/c1-31-17-8-10-18(11-9-17)34(29,30)22(20(25)23-21(26)33-22)13-5-3-4-6-15-14-16(24(27)28)7-12-19(15)32-2/h7-12,14H,3,5,13H2,1-2H3,(H,23,25,26). The molecule has 0 saturated carbocycles. The molecule has 0 radical (unpaired) electrons. The lowest BCUT2D eigenvalue weighted by Gasteiger charge is -2.24. The van der Waals surface area contributed by atoms with Crippen molar-refractivity contribution in [3.63, 3.8) is 0 Å². The Morgan fingerprint density at radius 3 is 2.38 bits per heavy atom. The number of methoxy groups -OCH3 is 2. The number of carbonyl (C=O) groups is 2. The Hall–Kier alpha value is -3.56. The molecule has 1 atom stereocenters. The van der Waals surface area contributed by atoms with Crippen molar-refractivity contribution in [1.82, 2.24) is 5.32 Å². The van der Waals surface area contributed by atoms with E-state index in [9.17, 15) is 28.1 Å². The number of nitro groups is 1. The number of non-ortho nitro benzene ring substituents is 1. The van der Waals surface area contributed by atoms with E-state index in [-0.39, 0.29) is 29.8 Å². The maximum absolute atomic E-state index is 13.4. The quantitative estimate of drug-likeness (QED) is 0.248. The second kappa shape index (κ2) is 10.1. The molecule has 2 aromatic rings. The predicted molar refractivity (Wildman–Crippen MR) is 124 cm³/mol. The van der Waals surface area contributed by atoms with Gasteiger partial charge in [-0.15, -0.1) is 0 Å². The number of hydrogen-bond donors (Lipinski definition) is 1. The number of unbranched alkanes of at least 4 members (excludes halogenated alkanes) is 1. The molecule has 1 unspecified atom stereocenters. The molecule has 2 amide bonds. The van der Waals surface area contributed by atoms with Gasteiger partial charge in [0.25, 0.3) is 16.8 Å². The van der Waals surface area contributed by atoms with E-state index >= 15 is 0 Å². The molecular formula is C22H20N2O8S2. The molecule has 178 valence electrons. The van der Waals surface area contributed by atoms with E-state index in [0.717, 1.165) is 0 Å². The number of ether oxygens (including phenoxy) is 2. The van der Waals surface area contributed by atoms with Crippen molar-refractivity contribution in [2.75, 3.05) is 14.2 Å². The fourth-order valence-corrected chi connectivity index (χ4v) is 6.68. The first-order chi connectivity index (χ1) is 16.1. The van der Waals surface area contributed by atoms with Crippen molar-refractivity contribution in [3.8, 4) is 23.3 Å². The summed E-state index contributed by atoms with van der Waals surface area (Å²) >= 11 is 0.437. The molecular weight excluding hydrogens is 484 g/mol. The second-order valence-corrected chi connectivity index (χ2v) is 10.8. The van der Waals surface area contributed by atoms with Gasteiger partial charge in [-0.05, 0) is 54.9 Å². The van der Waals surface area contributed by atoms with Gasteiger partial charge < -0.3 is 9.47 Å². The molecule has 0 aromatic heterocycles. The Labute approximate surface area is 200 Å². The maximum atomic E-state index is 13.4. The summed E-state index contributed by atoms with van der Waals surface area (Å²) in [6.45, 7) is 0. The zero-order chi connectivity index (χ0) is 24.9. The van der Waals surface area contributed by atoms with Gasteiger partial charge in [0, 0.05) is 18.6 Å². The first-order valence-corrected chi connectivity index (χ1v) is 12.2. The van der Waals surface area contributed by atoms with Crippen molar-refractivity contribution in [2.45, 2.75) is 28.2 Å². The molecule has 10 nitrogen and oxygen atoms in total. The third kappa shape index (κ3) is 4.85. The smallest absolute Gasteiger partial charge is 0.287 e. The molecule has 34 heavy (non-hydrogen) atoms. The van der Waals surface area contributed by atoms with Crippen LogP contribution in [0.15, 0.2) is 47.4 Å². The lowest BCUT2D eigenvalue weighted by molar-refractivity contribution is -0.384. The number of rotatable bonds is 8. The summed E-state index contributed by atoms with van der Waals surface area (Å²) in [5.41, 5.74) is 0.160. The van der Waals surface area contributed by atoms with Crippen LogP contribution in [0.3, 0.4) is 0 Å². The lowest BCUT2D eigenvalue weighted by Crippen LogP contribution is -2.43. The largest absolute Gasteiger partial charge is 0.497 e. The third-order valence-corrected chi connectivity index (χ3v) is 9.11. The highest BCUT2D eigenvalue weighted by atomic mass is 32.3. The Balaban J connectivity index is 1.82. The normalized spacial score (nSPS) is 17.5. The van der Waals surface area contributed by atoms with E-state index in [4.69, 9.17) is 9.47 Å². The Bertz CT molecular complexity index is 1300. The minimum atomic E-state index is -4.24. The third-order valence-electron chi connectivity index (χ3n) is 5.05. The number of sulfone groups is 1. The van der Waals surface area contributed by atoms with Crippen LogP contribution in [0.25, 0.3) is 0 Å². The number of carbonyl (C=O) groups excluding carboxylic acids is 2. The van der Waals surface area contributed by atoms with E-state index in [2.05, 4.69) is 17.2 Å². The van der Waals surface area contributed by atoms with E-state index < -0.39 is 30.0 Å². The molecule has 1 aliphatic heterocycles. The highest BCUT2D eigenvalue weighted by Crippen LogP contribution is 2.44. The summed E-state index contributed by atoms with van der Waals surface area (Å²) in [4.78, 5) is 34.9. The van der Waals surface area contributed by atoms with Crippen LogP contribution in [0.4, 0.5) is 10.5 Å². The van der Waals surface area contributed by atoms with Gasteiger partial charge in [0.05, 0.1) is 29.6 Å². The van der Waals surface area contributed by atoms with E-state index in [1.807, 2.05) is 0 Å². The Morgan fingerprint density at radius 1 is 1.12 bits per heavy atom. The summed E-state index contributed by atoms with van der Waals surface area (Å²) in [6, 6.07) is 9.56. The summed E-state index contributed by atoms with van der Waals surface area (Å²) < 4.78 is 35.0. The van der Waals surface area contributed by atoms with Crippen molar-refractivity contribution in [3.05, 3.63) is 58.1 Å². The van der Waals surface area contributed by atoms with Crippen LogP contribution < -0.4 is 14.8 Å². The van der Waals surface area contributed by atoms with Gasteiger partial charge in [0.1, 0.15) is 11.5 Å². The Morgan fingerprint density at radius 2 is 1.82 bits per heavy atom. The molecule has 1 fully saturated rings. The highest BCUT2D eigenvalue weighted by molar-refractivity contribution is 8.25. The fraction of sp³-hybridized carbons (Fsp3) is 0.273. The number of amides is 2. The van der Waals surface area contributed by atoms with Gasteiger partial charge in [0.15, 0.2) is 0 Å². The lowest BCUT2D eigenvalue weighted by atomic mass is 10.1. The van der Waals surface area contributed by atoms with Gasteiger partial charge in [-0.1, -0.05) is 11.8 Å². The fourth-order valence-electron chi connectivity index (χ4n) is 3.31. The molecule has 1 aliphatic rings. The number of nitrogens with one attached hydrogen (secondary N) is 1. The molecule has 0 spiro atoms. The summed E-state index contributed by atoms with van der Waals surface area (Å²) in [5.74, 6) is 5.51. The maximum Gasteiger partial charge on any atom is 0.287 e. The second-order valence-electron chi connectivity index (χ2n) is 7.07. The summed E-state index contributed by atoms with van der Waals surface area (Å²) in [5, 5.41) is 12.3. The minimum Gasteiger partial charge on any atom is -0.497 e. The first-order valence-electron chi connectivity index (χ1n) is 9.89. The van der Waals surface area contributed by atoms with Gasteiger partial charge in [-0.2, -0.15) is 0 Å². The van der Waals surface area contributed by atoms with Gasteiger partial charge in [-0.25, -0.2) is 8.42 Å². The van der Waals surface area contributed by atoms with Crippen LogP contribution in [0.2, 0.25) is 0 Å². The van der Waals surface area contributed by atoms with Gasteiger partial charge in [0.2, 0.25) is 13.9 Å². The molecule has 1 saturated heterocycles. The zero-order valence-corrected chi connectivity index (χ0v) is 19.8. The number of nitro benzene ring substituents is 1. The molecule has 1 heterocycles.